The van der Waals surface area contributed by atoms with Gasteiger partial charge in [0.1, 0.15) is 5.82 Å². The van der Waals surface area contributed by atoms with Crippen molar-refractivity contribution in [3.63, 3.8) is 0 Å². The lowest BCUT2D eigenvalue weighted by Crippen LogP contribution is -2.55. The van der Waals surface area contributed by atoms with Crippen LogP contribution in [-0.4, -0.2) is 54.3 Å². The molecule has 3 aliphatic rings. The molecule has 3 fully saturated rings. The number of hydrogen-bond donors (Lipinski definition) is 2. The molecular weight excluding hydrogens is 354 g/mol. The van der Waals surface area contributed by atoms with E-state index in [2.05, 4.69) is 20.2 Å². The van der Waals surface area contributed by atoms with Crippen molar-refractivity contribution in [1.82, 2.24) is 15.3 Å². The van der Waals surface area contributed by atoms with Gasteiger partial charge in [0.05, 0.1) is 6.61 Å². The van der Waals surface area contributed by atoms with Crippen molar-refractivity contribution in [2.75, 3.05) is 31.2 Å². The highest BCUT2D eigenvalue weighted by Gasteiger charge is 2.43. The van der Waals surface area contributed by atoms with Gasteiger partial charge in [0, 0.05) is 48.5 Å². The zero-order valence-corrected chi connectivity index (χ0v) is 17.2. The number of nitrogens with zero attached hydrogens (tertiary/aromatic N) is 3. The Kier molecular flexibility index (Phi) is 5.56. The van der Waals surface area contributed by atoms with Gasteiger partial charge in [-0.3, -0.25) is 4.79 Å². The van der Waals surface area contributed by atoms with Crippen molar-refractivity contribution >= 4 is 11.7 Å². The van der Waals surface area contributed by atoms with Gasteiger partial charge in [-0.1, -0.05) is 19.3 Å². The number of nitrogens with two attached hydrogens (primary N) is 1. The van der Waals surface area contributed by atoms with E-state index in [-0.39, 0.29) is 5.82 Å². The minimum atomic E-state index is -0.570. The quantitative estimate of drug-likeness (QED) is 0.822. The maximum atomic E-state index is 11.6. The van der Waals surface area contributed by atoms with Crippen molar-refractivity contribution in [3.8, 4) is 0 Å². The third-order valence-corrected chi connectivity index (χ3v) is 7.04. The van der Waals surface area contributed by atoms with Crippen LogP contribution in [0, 0.1) is 19.3 Å². The van der Waals surface area contributed by atoms with Gasteiger partial charge in [0.15, 0.2) is 0 Å². The van der Waals surface area contributed by atoms with E-state index in [0.29, 0.717) is 17.5 Å². The lowest BCUT2D eigenvalue weighted by atomic mass is 9.67. The van der Waals surface area contributed by atoms with Gasteiger partial charge in [-0.05, 0) is 39.5 Å². The average molecular weight is 388 g/mol. The molecule has 2 aliphatic heterocycles. The first kappa shape index (κ1) is 19.6. The normalized spacial score (nSPS) is 27.3. The van der Waals surface area contributed by atoms with Crippen LogP contribution >= 0.6 is 0 Å². The molecule has 1 unspecified atom stereocenters. The van der Waals surface area contributed by atoms with Crippen molar-refractivity contribution in [3.05, 3.63) is 17.1 Å². The molecule has 0 bridgehead atoms. The molecule has 0 aromatic carbocycles. The summed E-state index contributed by atoms with van der Waals surface area (Å²) in [7, 11) is 0. The van der Waals surface area contributed by atoms with Gasteiger partial charge in [-0.2, -0.15) is 0 Å². The maximum absolute atomic E-state index is 11.6. The van der Waals surface area contributed by atoms with Crippen LogP contribution in [-0.2, 0) is 4.74 Å². The van der Waals surface area contributed by atoms with E-state index in [0.717, 1.165) is 56.2 Å². The largest absolute Gasteiger partial charge is 0.381 e. The number of nitrogens with one attached hydrogen (secondary N) is 1. The molecule has 1 aromatic rings. The zero-order valence-electron chi connectivity index (χ0n) is 17.2. The molecule has 28 heavy (non-hydrogen) atoms. The Bertz CT molecular complexity index is 723. The predicted molar refractivity (Wildman–Crippen MR) is 109 cm³/mol. The molecule has 1 aromatic heterocycles. The van der Waals surface area contributed by atoms with E-state index in [1.807, 2.05) is 13.8 Å². The second kappa shape index (κ2) is 7.95. The second-order valence-corrected chi connectivity index (χ2v) is 8.86. The predicted octanol–water partition coefficient (Wildman–Crippen LogP) is 2.10. The Morgan fingerprint density at radius 1 is 1.21 bits per heavy atom. The molecule has 7 nitrogen and oxygen atoms in total. The van der Waals surface area contributed by atoms with E-state index in [9.17, 15) is 4.79 Å². The Hall–Kier alpha value is -1.73. The molecule has 2 atom stereocenters. The number of rotatable bonds is 4. The summed E-state index contributed by atoms with van der Waals surface area (Å²) in [4.78, 5) is 22.6. The summed E-state index contributed by atoms with van der Waals surface area (Å²) in [6.45, 7) is 7.54. The summed E-state index contributed by atoms with van der Waals surface area (Å²) >= 11 is 0. The lowest BCUT2D eigenvalue weighted by molar-refractivity contribution is -0.0555. The van der Waals surface area contributed by atoms with E-state index < -0.39 is 5.91 Å². The monoisotopic (exact) mass is 387 g/mol. The summed E-state index contributed by atoms with van der Waals surface area (Å²) in [6.07, 6.45) is 8.78. The number of carbonyl (C=O) groups is 1. The molecule has 1 saturated carbocycles. The zero-order chi connectivity index (χ0) is 19.7. The fourth-order valence-electron chi connectivity index (χ4n) is 5.30. The molecule has 2 saturated heterocycles. The molecule has 0 radical (unpaired) electrons. The van der Waals surface area contributed by atoms with Crippen LogP contribution in [0.25, 0.3) is 0 Å². The van der Waals surface area contributed by atoms with Crippen molar-refractivity contribution < 1.29 is 9.53 Å². The van der Waals surface area contributed by atoms with Gasteiger partial charge in [-0.25, -0.2) is 9.97 Å². The number of amides is 1. The smallest absolute Gasteiger partial charge is 0.286 e. The number of aromatic nitrogens is 2. The Balaban J connectivity index is 1.46. The standard InChI is InChI=1S/C21H33N5O2/c1-14-15(2)23-19(18(22)27)25-20(14)26-10-6-16(12-26)24-17-7-11-28-13-21(17)8-4-3-5-9-21/h16-17,24H,3-13H2,1-2H3,(H2,22,27)/t16-,17?/m1/s1. The maximum Gasteiger partial charge on any atom is 0.286 e. The van der Waals surface area contributed by atoms with Crippen molar-refractivity contribution in [2.45, 2.75) is 70.9 Å². The highest BCUT2D eigenvalue weighted by atomic mass is 16.5. The highest BCUT2D eigenvalue weighted by Crippen LogP contribution is 2.43. The van der Waals surface area contributed by atoms with Crippen LogP contribution in [0.3, 0.4) is 0 Å². The minimum Gasteiger partial charge on any atom is -0.381 e. The third-order valence-electron chi connectivity index (χ3n) is 7.04. The molecular formula is C21H33N5O2. The average Bonchev–Trinajstić information content (AvgIpc) is 3.15. The molecule has 7 heteroatoms. The number of hydrogen-bond acceptors (Lipinski definition) is 6. The van der Waals surface area contributed by atoms with Gasteiger partial charge in [-0.15, -0.1) is 0 Å². The van der Waals surface area contributed by atoms with Crippen LogP contribution in [0.1, 0.15) is 66.8 Å². The van der Waals surface area contributed by atoms with E-state index in [4.69, 9.17) is 10.5 Å². The molecule has 3 heterocycles. The Labute approximate surface area is 167 Å². The Morgan fingerprint density at radius 3 is 2.75 bits per heavy atom. The lowest BCUT2D eigenvalue weighted by Gasteiger charge is -2.47. The van der Waals surface area contributed by atoms with E-state index in [1.165, 1.54) is 32.1 Å². The highest BCUT2D eigenvalue weighted by molar-refractivity contribution is 5.89. The first-order valence-electron chi connectivity index (χ1n) is 10.7. The van der Waals surface area contributed by atoms with E-state index >= 15 is 0 Å². The van der Waals surface area contributed by atoms with Crippen LogP contribution in [0.5, 0.6) is 0 Å². The number of aryl methyl sites for hydroxylation is 1. The summed E-state index contributed by atoms with van der Waals surface area (Å²) in [6, 6.07) is 0.981. The third kappa shape index (κ3) is 3.74. The van der Waals surface area contributed by atoms with Crippen LogP contribution in [0.15, 0.2) is 0 Å². The summed E-state index contributed by atoms with van der Waals surface area (Å²) in [5.41, 5.74) is 7.60. The fraction of sp³-hybridized carbons (Fsp3) is 0.762. The first-order valence-corrected chi connectivity index (χ1v) is 10.7. The number of carbonyl (C=O) groups excluding carboxylic acids is 1. The topological polar surface area (TPSA) is 93.4 Å². The number of ether oxygens (including phenoxy) is 1. The van der Waals surface area contributed by atoms with Crippen LogP contribution in [0.4, 0.5) is 5.82 Å². The summed E-state index contributed by atoms with van der Waals surface area (Å²) in [5.74, 6) is 0.393. The number of anilines is 1. The SMILES string of the molecule is Cc1nc(C(N)=O)nc(N2CC[C@@H](NC3CCOCC34CCCCC4)C2)c1C. The van der Waals surface area contributed by atoms with Crippen molar-refractivity contribution in [1.29, 1.82) is 0 Å². The van der Waals surface area contributed by atoms with Gasteiger partial charge in [0.25, 0.3) is 5.91 Å². The fourth-order valence-corrected chi connectivity index (χ4v) is 5.30. The van der Waals surface area contributed by atoms with Gasteiger partial charge in [0.2, 0.25) is 5.82 Å². The molecule has 1 spiro atoms. The van der Waals surface area contributed by atoms with E-state index in [1.54, 1.807) is 0 Å². The van der Waals surface area contributed by atoms with Crippen LogP contribution in [0.2, 0.25) is 0 Å². The molecule has 1 amide bonds. The first-order chi connectivity index (χ1) is 13.5. The van der Waals surface area contributed by atoms with Crippen molar-refractivity contribution in [2.24, 2.45) is 11.1 Å². The number of primary amides is 1. The molecule has 154 valence electrons. The van der Waals surface area contributed by atoms with Gasteiger partial charge >= 0.3 is 0 Å². The second-order valence-electron chi connectivity index (χ2n) is 8.86. The summed E-state index contributed by atoms with van der Waals surface area (Å²) in [5, 5.41) is 3.99. The molecule has 3 N–H and O–H groups in total. The molecule has 1 aliphatic carbocycles. The minimum absolute atomic E-state index is 0.111. The summed E-state index contributed by atoms with van der Waals surface area (Å²) < 4.78 is 5.90. The Morgan fingerprint density at radius 2 is 2.00 bits per heavy atom. The van der Waals surface area contributed by atoms with Crippen LogP contribution < -0.4 is 16.0 Å². The van der Waals surface area contributed by atoms with Gasteiger partial charge < -0.3 is 20.7 Å². The molecule has 4 rings (SSSR count).